The van der Waals surface area contributed by atoms with Crippen LogP contribution in [0.15, 0.2) is 30.3 Å². The van der Waals surface area contributed by atoms with Gasteiger partial charge in [0.1, 0.15) is 5.75 Å². The molecule has 1 saturated heterocycles. The summed E-state index contributed by atoms with van der Waals surface area (Å²) in [5.41, 5.74) is 0. The van der Waals surface area contributed by atoms with Crippen LogP contribution in [-0.4, -0.2) is 42.5 Å². The molecule has 0 aromatic heterocycles. The van der Waals surface area contributed by atoms with Gasteiger partial charge in [-0.2, -0.15) is 0 Å². The third-order valence-corrected chi connectivity index (χ3v) is 4.24. The zero-order valence-electron chi connectivity index (χ0n) is 14.5. The Hall–Kier alpha value is -2.04. The molecule has 1 aromatic rings. The summed E-state index contributed by atoms with van der Waals surface area (Å²) in [4.78, 5) is 25.8. The molecule has 0 aliphatic carbocycles. The summed E-state index contributed by atoms with van der Waals surface area (Å²) in [7, 11) is 0. The molecule has 0 radical (unpaired) electrons. The van der Waals surface area contributed by atoms with Crippen LogP contribution in [0.25, 0.3) is 0 Å². The van der Waals surface area contributed by atoms with Gasteiger partial charge in [-0.3, -0.25) is 9.59 Å². The van der Waals surface area contributed by atoms with Crippen molar-refractivity contribution in [2.75, 3.05) is 19.7 Å². The van der Waals surface area contributed by atoms with Crippen LogP contribution in [-0.2, 0) is 9.59 Å². The van der Waals surface area contributed by atoms with Crippen LogP contribution in [0.3, 0.4) is 0 Å². The molecule has 0 bridgehead atoms. The van der Waals surface area contributed by atoms with Crippen molar-refractivity contribution >= 4 is 11.8 Å². The Labute approximate surface area is 144 Å². The van der Waals surface area contributed by atoms with Crippen LogP contribution >= 0.6 is 0 Å². The second-order valence-electron chi connectivity index (χ2n) is 6.24. The minimum Gasteiger partial charge on any atom is -0.494 e. The molecule has 1 fully saturated rings. The van der Waals surface area contributed by atoms with Crippen LogP contribution in [0.1, 0.15) is 45.4 Å². The Kier molecular flexibility index (Phi) is 7.59. The number of likely N-dealkylation sites (tertiary alicyclic amines) is 1. The van der Waals surface area contributed by atoms with Crippen LogP contribution < -0.4 is 10.1 Å². The van der Waals surface area contributed by atoms with E-state index in [4.69, 9.17) is 4.74 Å². The number of hydrogen-bond acceptors (Lipinski definition) is 3. The molecule has 0 spiro atoms. The fraction of sp³-hybridized carbons (Fsp3) is 0.579. The first-order chi connectivity index (χ1) is 11.7. The highest BCUT2D eigenvalue weighted by Crippen LogP contribution is 2.13. The summed E-state index contributed by atoms with van der Waals surface area (Å²) in [6.45, 7) is 4.07. The van der Waals surface area contributed by atoms with Gasteiger partial charge in [-0.15, -0.1) is 0 Å². The van der Waals surface area contributed by atoms with E-state index < -0.39 is 0 Å². The van der Waals surface area contributed by atoms with Crippen molar-refractivity contribution in [2.24, 2.45) is 0 Å². The maximum atomic E-state index is 12.0. The maximum Gasteiger partial charge on any atom is 0.222 e. The number of piperidine rings is 1. The molecule has 2 amide bonds. The van der Waals surface area contributed by atoms with Crippen molar-refractivity contribution < 1.29 is 14.3 Å². The van der Waals surface area contributed by atoms with Gasteiger partial charge in [0.2, 0.25) is 11.8 Å². The molecule has 2 rings (SSSR count). The number of nitrogens with one attached hydrogen (secondary N) is 1. The van der Waals surface area contributed by atoms with Crippen molar-refractivity contribution in [3.8, 4) is 5.75 Å². The molecule has 0 saturated carbocycles. The second-order valence-corrected chi connectivity index (χ2v) is 6.24. The number of ether oxygens (including phenoxy) is 1. The van der Waals surface area contributed by atoms with E-state index in [2.05, 4.69) is 5.32 Å². The highest BCUT2D eigenvalue weighted by atomic mass is 16.5. The third-order valence-electron chi connectivity index (χ3n) is 4.24. The minimum absolute atomic E-state index is 0.0741. The summed E-state index contributed by atoms with van der Waals surface area (Å²) in [6, 6.07) is 9.82. The lowest BCUT2D eigenvalue weighted by Crippen LogP contribution is -2.46. The number of para-hydroxylation sites is 1. The Morgan fingerprint density at radius 2 is 1.88 bits per heavy atom. The molecule has 0 atom stereocenters. The number of benzene rings is 1. The van der Waals surface area contributed by atoms with Crippen LogP contribution in [0.4, 0.5) is 0 Å². The van der Waals surface area contributed by atoms with Gasteiger partial charge >= 0.3 is 0 Å². The predicted molar refractivity (Wildman–Crippen MR) is 93.8 cm³/mol. The molecular formula is C19H28N2O3. The van der Waals surface area contributed by atoms with Gasteiger partial charge in [-0.25, -0.2) is 0 Å². The van der Waals surface area contributed by atoms with E-state index in [0.29, 0.717) is 25.9 Å². The summed E-state index contributed by atoms with van der Waals surface area (Å²) in [6.07, 6.45) is 4.39. The van der Waals surface area contributed by atoms with E-state index >= 15 is 0 Å². The van der Waals surface area contributed by atoms with Crippen molar-refractivity contribution in [3.05, 3.63) is 30.3 Å². The van der Waals surface area contributed by atoms with Crippen molar-refractivity contribution in [3.63, 3.8) is 0 Å². The average molecular weight is 332 g/mol. The smallest absolute Gasteiger partial charge is 0.222 e. The SMILES string of the molecule is CCCC(=O)N1CCC(NC(=O)CCCOc2ccccc2)CC1. The lowest BCUT2D eigenvalue weighted by atomic mass is 10.0. The van der Waals surface area contributed by atoms with E-state index in [1.807, 2.05) is 42.2 Å². The second kappa shape index (κ2) is 9.96. The first-order valence-corrected chi connectivity index (χ1v) is 8.94. The summed E-state index contributed by atoms with van der Waals surface area (Å²) >= 11 is 0. The number of hydrogen-bond donors (Lipinski definition) is 1. The lowest BCUT2D eigenvalue weighted by molar-refractivity contribution is -0.132. The summed E-state index contributed by atoms with van der Waals surface area (Å²) in [5.74, 6) is 1.15. The van der Waals surface area contributed by atoms with Crippen LogP contribution in [0.2, 0.25) is 0 Å². The van der Waals surface area contributed by atoms with Gasteiger partial charge in [0.25, 0.3) is 0 Å². The first kappa shape index (κ1) is 18.3. The highest BCUT2D eigenvalue weighted by molar-refractivity contribution is 5.77. The van der Waals surface area contributed by atoms with Crippen molar-refractivity contribution in [2.45, 2.75) is 51.5 Å². The summed E-state index contributed by atoms with van der Waals surface area (Å²) in [5, 5.41) is 3.08. The zero-order chi connectivity index (χ0) is 17.2. The lowest BCUT2D eigenvalue weighted by Gasteiger charge is -2.32. The zero-order valence-corrected chi connectivity index (χ0v) is 14.5. The first-order valence-electron chi connectivity index (χ1n) is 8.94. The molecule has 1 aliphatic rings. The minimum atomic E-state index is 0.0741. The molecule has 1 aromatic carbocycles. The Morgan fingerprint density at radius 1 is 1.17 bits per heavy atom. The number of amides is 2. The van der Waals surface area contributed by atoms with E-state index in [0.717, 1.165) is 38.1 Å². The van der Waals surface area contributed by atoms with Gasteiger partial charge in [0.15, 0.2) is 0 Å². The molecule has 1 heterocycles. The van der Waals surface area contributed by atoms with Gasteiger partial charge in [-0.1, -0.05) is 25.1 Å². The largest absolute Gasteiger partial charge is 0.494 e. The number of rotatable bonds is 8. The fourth-order valence-corrected chi connectivity index (χ4v) is 2.88. The highest BCUT2D eigenvalue weighted by Gasteiger charge is 2.23. The molecule has 1 N–H and O–H groups in total. The van der Waals surface area contributed by atoms with E-state index in [-0.39, 0.29) is 17.9 Å². The molecule has 24 heavy (non-hydrogen) atoms. The van der Waals surface area contributed by atoms with Crippen LogP contribution in [0, 0.1) is 0 Å². The summed E-state index contributed by atoms with van der Waals surface area (Å²) < 4.78 is 5.59. The van der Waals surface area contributed by atoms with E-state index in [1.165, 1.54) is 0 Å². The molecule has 5 nitrogen and oxygen atoms in total. The Bertz CT molecular complexity index is 511. The van der Waals surface area contributed by atoms with Gasteiger partial charge in [-0.05, 0) is 37.8 Å². The molecule has 0 unspecified atom stereocenters. The van der Waals surface area contributed by atoms with E-state index in [9.17, 15) is 9.59 Å². The monoisotopic (exact) mass is 332 g/mol. The number of carbonyl (C=O) groups is 2. The molecule has 1 aliphatic heterocycles. The fourth-order valence-electron chi connectivity index (χ4n) is 2.88. The van der Waals surface area contributed by atoms with Crippen LogP contribution in [0.5, 0.6) is 5.75 Å². The van der Waals surface area contributed by atoms with Crippen molar-refractivity contribution in [1.82, 2.24) is 10.2 Å². The molecular weight excluding hydrogens is 304 g/mol. The van der Waals surface area contributed by atoms with Gasteiger partial charge < -0.3 is 15.0 Å². The maximum absolute atomic E-state index is 12.0. The Balaban J connectivity index is 1.57. The quantitative estimate of drug-likeness (QED) is 0.745. The molecule has 132 valence electrons. The average Bonchev–Trinajstić information content (AvgIpc) is 2.60. The van der Waals surface area contributed by atoms with Crippen molar-refractivity contribution in [1.29, 1.82) is 0 Å². The third kappa shape index (κ3) is 6.22. The normalized spacial score (nSPS) is 15.1. The Morgan fingerprint density at radius 3 is 2.54 bits per heavy atom. The standard InChI is InChI=1S/C19H28N2O3/c1-2-7-19(23)21-13-11-16(12-14-21)20-18(22)10-6-15-24-17-8-4-3-5-9-17/h3-5,8-9,16H,2,6-7,10-15H2,1H3,(H,20,22). The van der Waals surface area contributed by atoms with E-state index in [1.54, 1.807) is 0 Å². The van der Waals surface area contributed by atoms with Gasteiger partial charge in [0.05, 0.1) is 6.61 Å². The number of nitrogens with zero attached hydrogens (tertiary/aromatic N) is 1. The predicted octanol–water partition coefficient (Wildman–Crippen LogP) is 2.75. The van der Waals surface area contributed by atoms with Gasteiger partial charge in [0, 0.05) is 32.0 Å². The topological polar surface area (TPSA) is 58.6 Å². The number of carbonyl (C=O) groups excluding carboxylic acids is 2. The molecule has 5 heteroatoms.